The van der Waals surface area contributed by atoms with Gasteiger partial charge in [0, 0.05) is 25.5 Å². The summed E-state index contributed by atoms with van der Waals surface area (Å²) < 4.78 is 9.96. The van der Waals surface area contributed by atoms with Crippen molar-refractivity contribution in [2.45, 2.75) is 6.54 Å². The molecular weight excluding hydrogens is 260 g/mol. The second kappa shape index (κ2) is 4.55. The van der Waals surface area contributed by atoms with Gasteiger partial charge in [0.05, 0.1) is 24.7 Å². The van der Waals surface area contributed by atoms with E-state index in [4.69, 9.17) is 17.0 Å². The van der Waals surface area contributed by atoms with Gasteiger partial charge in [-0.2, -0.15) is 0 Å². The summed E-state index contributed by atoms with van der Waals surface area (Å²) in [5, 5.41) is 0. The minimum Gasteiger partial charge on any atom is -0.497 e. The molecule has 1 N–H and O–H groups in total. The molecular formula is C13H14N4OS. The standard InChI is InChI=1S/C13H14N4OS/c1-16-6-5-14-12(16)8-17-11-7-9(18-2)3-4-10(11)15-13(17)19/h3-7H,8H2,1-2H3,(H,15,19). The maximum Gasteiger partial charge on any atom is 0.178 e. The average molecular weight is 274 g/mol. The second-order valence-corrected chi connectivity index (χ2v) is 4.74. The van der Waals surface area contributed by atoms with E-state index < -0.39 is 0 Å². The lowest BCUT2D eigenvalue weighted by atomic mass is 10.3. The van der Waals surface area contributed by atoms with Gasteiger partial charge < -0.3 is 18.9 Å². The van der Waals surface area contributed by atoms with Gasteiger partial charge in [0.1, 0.15) is 11.6 Å². The Bertz CT molecular complexity index is 783. The molecule has 0 radical (unpaired) electrons. The number of nitrogens with one attached hydrogen (secondary N) is 1. The average Bonchev–Trinajstić information content (AvgIpc) is 2.94. The van der Waals surface area contributed by atoms with E-state index in [2.05, 4.69) is 9.97 Å². The van der Waals surface area contributed by atoms with Crippen molar-refractivity contribution in [3.05, 3.63) is 41.2 Å². The highest BCUT2D eigenvalue weighted by molar-refractivity contribution is 7.71. The molecule has 0 aliphatic heterocycles. The van der Waals surface area contributed by atoms with E-state index in [-0.39, 0.29) is 0 Å². The van der Waals surface area contributed by atoms with Crippen molar-refractivity contribution in [3.8, 4) is 5.75 Å². The van der Waals surface area contributed by atoms with Crippen LogP contribution in [-0.4, -0.2) is 26.2 Å². The third-order valence-electron chi connectivity index (χ3n) is 3.20. The Hall–Kier alpha value is -2.08. The Morgan fingerprint density at radius 2 is 2.26 bits per heavy atom. The molecule has 98 valence electrons. The Morgan fingerprint density at radius 1 is 1.42 bits per heavy atom. The van der Waals surface area contributed by atoms with Gasteiger partial charge in [-0.05, 0) is 24.4 Å². The molecule has 2 aromatic heterocycles. The zero-order valence-corrected chi connectivity index (χ0v) is 11.6. The van der Waals surface area contributed by atoms with E-state index in [1.807, 2.05) is 40.6 Å². The first-order valence-electron chi connectivity index (χ1n) is 5.92. The maximum atomic E-state index is 5.38. The molecule has 3 rings (SSSR count). The van der Waals surface area contributed by atoms with Gasteiger partial charge in [-0.25, -0.2) is 4.98 Å². The number of fused-ring (bicyclic) bond motifs is 1. The Labute approximate surface area is 115 Å². The first-order chi connectivity index (χ1) is 9.19. The third-order valence-corrected chi connectivity index (χ3v) is 3.53. The zero-order chi connectivity index (χ0) is 13.4. The van der Waals surface area contributed by atoms with E-state index >= 15 is 0 Å². The Kier molecular flexibility index (Phi) is 2.87. The van der Waals surface area contributed by atoms with Gasteiger partial charge in [0.25, 0.3) is 0 Å². The van der Waals surface area contributed by atoms with E-state index in [1.165, 1.54) is 0 Å². The molecule has 1 aromatic carbocycles. The molecule has 0 atom stereocenters. The fourth-order valence-electron chi connectivity index (χ4n) is 2.11. The molecule has 0 aliphatic carbocycles. The van der Waals surface area contributed by atoms with Gasteiger partial charge in [-0.1, -0.05) is 0 Å². The second-order valence-electron chi connectivity index (χ2n) is 4.35. The quantitative estimate of drug-likeness (QED) is 0.746. The fraction of sp³-hybridized carbons (Fsp3) is 0.231. The minimum atomic E-state index is 0.634. The number of hydrogen-bond acceptors (Lipinski definition) is 3. The molecule has 0 spiro atoms. The predicted molar refractivity (Wildman–Crippen MR) is 76.0 cm³/mol. The predicted octanol–water partition coefficient (Wildman–Crippen LogP) is 2.49. The number of nitrogens with zero attached hydrogens (tertiary/aromatic N) is 3. The summed E-state index contributed by atoms with van der Waals surface area (Å²) in [5.74, 6) is 1.77. The Morgan fingerprint density at radius 3 is 2.95 bits per heavy atom. The smallest absolute Gasteiger partial charge is 0.178 e. The van der Waals surface area contributed by atoms with Gasteiger partial charge in [-0.3, -0.25) is 0 Å². The molecule has 19 heavy (non-hydrogen) atoms. The first-order valence-corrected chi connectivity index (χ1v) is 6.32. The summed E-state index contributed by atoms with van der Waals surface area (Å²) in [7, 11) is 3.63. The summed E-state index contributed by atoms with van der Waals surface area (Å²) in [4.78, 5) is 7.53. The summed E-state index contributed by atoms with van der Waals surface area (Å²) in [6.45, 7) is 0.634. The van der Waals surface area contributed by atoms with Crippen LogP contribution in [0.4, 0.5) is 0 Å². The number of benzene rings is 1. The van der Waals surface area contributed by atoms with Crippen molar-refractivity contribution in [1.29, 1.82) is 0 Å². The zero-order valence-electron chi connectivity index (χ0n) is 10.8. The van der Waals surface area contributed by atoms with Gasteiger partial charge >= 0.3 is 0 Å². The molecule has 0 saturated heterocycles. The molecule has 3 aromatic rings. The highest BCUT2D eigenvalue weighted by Crippen LogP contribution is 2.21. The number of hydrogen-bond donors (Lipinski definition) is 1. The van der Waals surface area contributed by atoms with Crippen molar-refractivity contribution in [3.63, 3.8) is 0 Å². The van der Waals surface area contributed by atoms with Crippen LogP contribution in [0.2, 0.25) is 0 Å². The van der Waals surface area contributed by atoms with Crippen molar-refractivity contribution < 1.29 is 4.74 Å². The molecule has 0 unspecified atom stereocenters. The number of rotatable bonds is 3. The largest absolute Gasteiger partial charge is 0.497 e. The van der Waals surface area contributed by atoms with Crippen molar-refractivity contribution >= 4 is 23.3 Å². The number of aromatic nitrogens is 4. The monoisotopic (exact) mass is 274 g/mol. The number of methoxy groups -OCH3 is 1. The summed E-state index contributed by atoms with van der Waals surface area (Å²) >= 11 is 5.38. The Balaban J connectivity index is 2.14. The van der Waals surface area contributed by atoms with Crippen LogP contribution in [0.1, 0.15) is 5.82 Å². The molecule has 2 heterocycles. The summed E-state index contributed by atoms with van der Waals surface area (Å²) in [6, 6.07) is 5.86. The van der Waals surface area contributed by atoms with Crippen LogP contribution < -0.4 is 4.74 Å². The first kappa shape index (κ1) is 12.0. The number of aromatic amines is 1. The lowest BCUT2D eigenvalue weighted by Crippen LogP contribution is -2.05. The molecule has 0 saturated carbocycles. The van der Waals surface area contributed by atoms with Crippen molar-refractivity contribution in [1.82, 2.24) is 19.1 Å². The molecule has 0 bridgehead atoms. The van der Waals surface area contributed by atoms with Crippen LogP contribution in [0, 0.1) is 4.77 Å². The third kappa shape index (κ3) is 2.04. The van der Waals surface area contributed by atoms with E-state index in [9.17, 15) is 0 Å². The van der Waals surface area contributed by atoms with Crippen molar-refractivity contribution in [2.24, 2.45) is 7.05 Å². The molecule has 0 fully saturated rings. The van der Waals surface area contributed by atoms with Crippen LogP contribution in [-0.2, 0) is 13.6 Å². The highest BCUT2D eigenvalue weighted by Gasteiger charge is 2.08. The number of ether oxygens (including phenoxy) is 1. The van der Waals surface area contributed by atoms with Crippen LogP contribution in [0.3, 0.4) is 0 Å². The molecule has 5 nitrogen and oxygen atoms in total. The van der Waals surface area contributed by atoms with E-state index in [0.717, 1.165) is 22.6 Å². The summed E-state index contributed by atoms with van der Waals surface area (Å²) in [6.07, 6.45) is 3.71. The van der Waals surface area contributed by atoms with Crippen LogP contribution in [0.25, 0.3) is 11.0 Å². The fourth-order valence-corrected chi connectivity index (χ4v) is 2.38. The number of imidazole rings is 2. The lowest BCUT2D eigenvalue weighted by Gasteiger charge is -2.06. The topological polar surface area (TPSA) is 47.8 Å². The van der Waals surface area contributed by atoms with Crippen LogP contribution in [0.5, 0.6) is 5.75 Å². The number of H-pyrrole nitrogens is 1. The van der Waals surface area contributed by atoms with Gasteiger partial charge in [0.15, 0.2) is 4.77 Å². The van der Waals surface area contributed by atoms with Crippen LogP contribution >= 0.6 is 12.2 Å². The lowest BCUT2D eigenvalue weighted by molar-refractivity contribution is 0.415. The minimum absolute atomic E-state index is 0.634. The molecule has 0 amide bonds. The normalized spacial score (nSPS) is 11.1. The maximum absolute atomic E-state index is 5.38. The van der Waals surface area contributed by atoms with E-state index in [0.29, 0.717) is 11.3 Å². The molecule has 0 aliphatic rings. The SMILES string of the molecule is COc1ccc2[nH]c(=S)n(Cc3nccn3C)c2c1. The highest BCUT2D eigenvalue weighted by atomic mass is 32.1. The summed E-state index contributed by atoms with van der Waals surface area (Å²) in [5.41, 5.74) is 2.02. The molecule has 6 heteroatoms. The number of aryl methyl sites for hydroxylation is 1. The van der Waals surface area contributed by atoms with Gasteiger partial charge in [-0.15, -0.1) is 0 Å². The van der Waals surface area contributed by atoms with Crippen LogP contribution in [0.15, 0.2) is 30.6 Å². The van der Waals surface area contributed by atoms with Crippen molar-refractivity contribution in [2.75, 3.05) is 7.11 Å². The van der Waals surface area contributed by atoms with Gasteiger partial charge in [0.2, 0.25) is 0 Å². The van der Waals surface area contributed by atoms with E-state index in [1.54, 1.807) is 13.3 Å².